The van der Waals surface area contributed by atoms with E-state index in [1.54, 1.807) is 0 Å². The quantitative estimate of drug-likeness (QED) is 0.909. The fourth-order valence-electron chi connectivity index (χ4n) is 3.54. The summed E-state index contributed by atoms with van der Waals surface area (Å²) in [5.41, 5.74) is 1.89. The summed E-state index contributed by atoms with van der Waals surface area (Å²) in [7, 11) is 0. The van der Waals surface area contributed by atoms with Crippen LogP contribution in [0.15, 0.2) is 53.5 Å². The van der Waals surface area contributed by atoms with Gasteiger partial charge >= 0.3 is 0 Å². The van der Waals surface area contributed by atoms with Gasteiger partial charge in [-0.1, -0.05) is 24.3 Å². The fraction of sp³-hybridized carbons (Fsp3) is 0.278. The van der Waals surface area contributed by atoms with Gasteiger partial charge in [-0.2, -0.15) is 0 Å². The second-order valence-electron chi connectivity index (χ2n) is 5.94. The number of rotatable bonds is 3. The molecule has 1 aliphatic heterocycles. The van der Waals surface area contributed by atoms with Crippen molar-refractivity contribution in [2.45, 2.75) is 11.8 Å². The lowest BCUT2D eigenvalue weighted by molar-refractivity contribution is 0.623. The van der Waals surface area contributed by atoms with Gasteiger partial charge in [-0.3, -0.25) is 4.99 Å². The van der Waals surface area contributed by atoms with E-state index in [1.807, 2.05) is 24.3 Å². The van der Waals surface area contributed by atoms with Crippen molar-refractivity contribution in [3.05, 3.63) is 71.3 Å². The number of benzene rings is 2. The molecule has 23 heavy (non-hydrogen) atoms. The zero-order chi connectivity index (χ0) is 15.2. The molecular weight excluding hydrogens is 318 g/mol. The Morgan fingerprint density at radius 3 is 1.87 bits per heavy atom. The highest BCUT2D eigenvalue weighted by molar-refractivity contribution is 5.91. The van der Waals surface area contributed by atoms with Gasteiger partial charge in [-0.25, -0.2) is 8.78 Å². The van der Waals surface area contributed by atoms with E-state index < -0.39 is 0 Å². The molecule has 120 valence electrons. The van der Waals surface area contributed by atoms with E-state index in [0.717, 1.165) is 36.5 Å². The monoisotopic (exact) mass is 334 g/mol. The third-order valence-electron chi connectivity index (χ3n) is 4.71. The van der Waals surface area contributed by atoms with Gasteiger partial charge < -0.3 is 5.32 Å². The van der Waals surface area contributed by atoms with Crippen LogP contribution in [-0.4, -0.2) is 18.9 Å². The molecule has 0 amide bonds. The zero-order valence-corrected chi connectivity index (χ0v) is 13.2. The topological polar surface area (TPSA) is 24.4 Å². The van der Waals surface area contributed by atoms with Crippen LogP contribution in [0.3, 0.4) is 0 Å². The highest BCUT2D eigenvalue weighted by Crippen LogP contribution is 2.59. The highest BCUT2D eigenvalue weighted by Gasteiger charge is 2.59. The number of hydrogen-bond acceptors (Lipinski definition) is 2. The largest absolute Gasteiger partial charge is 0.372 e. The first-order valence-corrected chi connectivity index (χ1v) is 7.50. The lowest BCUT2D eigenvalue weighted by Crippen LogP contribution is -2.25. The first-order valence-electron chi connectivity index (χ1n) is 7.50. The van der Waals surface area contributed by atoms with Crippen molar-refractivity contribution in [2.75, 3.05) is 13.1 Å². The Kier molecular flexibility index (Phi) is 4.11. The van der Waals surface area contributed by atoms with Gasteiger partial charge in [-0.05, 0) is 41.8 Å². The molecule has 4 rings (SSSR count). The normalized spacial score (nSPS) is 21.1. The second kappa shape index (κ2) is 5.93. The van der Waals surface area contributed by atoms with Crippen molar-refractivity contribution in [1.82, 2.24) is 5.32 Å². The molecule has 2 aliphatic rings. The van der Waals surface area contributed by atoms with Crippen molar-refractivity contribution < 1.29 is 8.78 Å². The molecule has 1 atom stereocenters. The van der Waals surface area contributed by atoms with E-state index in [4.69, 9.17) is 0 Å². The summed E-state index contributed by atoms with van der Waals surface area (Å²) >= 11 is 0. The Bertz CT molecular complexity index is 680. The Balaban J connectivity index is 0.00000156. The molecule has 0 spiro atoms. The maximum absolute atomic E-state index is 13.3. The Labute approximate surface area is 140 Å². The number of halogens is 3. The van der Waals surface area contributed by atoms with Crippen molar-refractivity contribution >= 4 is 18.2 Å². The van der Waals surface area contributed by atoms with Crippen molar-refractivity contribution in [1.29, 1.82) is 0 Å². The molecule has 0 saturated heterocycles. The average Bonchev–Trinajstić information content (AvgIpc) is 3.04. The minimum Gasteiger partial charge on any atom is -0.372 e. The average molecular weight is 335 g/mol. The molecule has 2 aromatic rings. The molecule has 5 heteroatoms. The maximum Gasteiger partial charge on any atom is 0.123 e. The van der Waals surface area contributed by atoms with E-state index in [-0.39, 0.29) is 35.4 Å². The lowest BCUT2D eigenvalue weighted by atomic mass is 9.85. The summed E-state index contributed by atoms with van der Waals surface area (Å²) in [5, 5.41) is 3.34. The molecule has 1 unspecified atom stereocenters. The van der Waals surface area contributed by atoms with Gasteiger partial charge in [0.2, 0.25) is 0 Å². The predicted molar refractivity (Wildman–Crippen MR) is 89.2 cm³/mol. The van der Waals surface area contributed by atoms with Crippen LogP contribution in [0.25, 0.3) is 0 Å². The second-order valence-corrected chi connectivity index (χ2v) is 5.94. The van der Waals surface area contributed by atoms with Crippen LogP contribution < -0.4 is 5.32 Å². The van der Waals surface area contributed by atoms with Crippen LogP contribution in [0.5, 0.6) is 0 Å². The number of hydrogen-bond donors (Lipinski definition) is 1. The first-order chi connectivity index (χ1) is 10.7. The van der Waals surface area contributed by atoms with Crippen LogP contribution in [-0.2, 0) is 5.41 Å². The van der Waals surface area contributed by atoms with E-state index in [2.05, 4.69) is 10.3 Å². The molecule has 0 bridgehead atoms. The molecule has 1 aliphatic carbocycles. The number of nitrogens with zero attached hydrogens (tertiary/aromatic N) is 1. The zero-order valence-electron chi connectivity index (χ0n) is 12.4. The van der Waals surface area contributed by atoms with Crippen LogP contribution in [0.1, 0.15) is 17.5 Å². The first kappa shape index (κ1) is 15.9. The molecule has 1 heterocycles. The van der Waals surface area contributed by atoms with Gasteiger partial charge in [0, 0.05) is 17.9 Å². The van der Waals surface area contributed by atoms with E-state index in [0.29, 0.717) is 0 Å². The van der Waals surface area contributed by atoms with Crippen LogP contribution in [0.4, 0.5) is 8.78 Å². The Morgan fingerprint density at radius 2 is 1.43 bits per heavy atom. The summed E-state index contributed by atoms with van der Waals surface area (Å²) in [6, 6.07) is 13.3. The summed E-state index contributed by atoms with van der Waals surface area (Å²) in [4.78, 5) is 4.54. The van der Waals surface area contributed by atoms with Gasteiger partial charge in [0.25, 0.3) is 0 Å². The Morgan fingerprint density at radius 1 is 0.913 bits per heavy atom. The summed E-state index contributed by atoms with van der Waals surface area (Å²) in [6.45, 7) is 1.67. The van der Waals surface area contributed by atoms with Crippen molar-refractivity contribution in [3.63, 3.8) is 0 Å². The number of amidine groups is 1. The third kappa shape index (κ3) is 2.61. The molecule has 2 aromatic carbocycles. The molecule has 1 N–H and O–H groups in total. The summed E-state index contributed by atoms with van der Waals surface area (Å²) in [6.07, 6.45) is 0.913. The van der Waals surface area contributed by atoms with Gasteiger partial charge in [-0.15, -0.1) is 12.4 Å². The van der Waals surface area contributed by atoms with E-state index >= 15 is 0 Å². The minimum absolute atomic E-state index is 0. The van der Waals surface area contributed by atoms with Gasteiger partial charge in [0.1, 0.15) is 17.5 Å². The number of nitrogens with one attached hydrogen (secondary N) is 1. The molecular formula is C18H17ClF2N2. The third-order valence-corrected chi connectivity index (χ3v) is 4.71. The molecule has 0 aromatic heterocycles. The molecule has 1 fully saturated rings. The maximum atomic E-state index is 13.3. The van der Waals surface area contributed by atoms with Gasteiger partial charge in [0.05, 0.1) is 6.54 Å². The van der Waals surface area contributed by atoms with Crippen LogP contribution in [0.2, 0.25) is 0 Å². The van der Waals surface area contributed by atoms with Crippen LogP contribution in [0, 0.1) is 17.6 Å². The molecule has 2 nitrogen and oxygen atoms in total. The predicted octanol–water partition coefficient (Wildman–Crippen LogP) is 3.69. The number of aliphatic imine (C=N–C) groups is 1. The molecule has 1 saturated carbocycles. The van der Waals surface area contributed by atoms with E-state index in [9.17, 15) is 8.78 Å². The van der Waals surface area contributed by atoms with Crippen molar-refractivity contribution in [2.24, 2.45) is 10.9 Å². The van der Waals surface area contributed by atoms with E-state index in [1.165, 1.54) is 24.3 Å². The molecule has 0 radical (unpaired) electrons. The smallest absolute Gasteiger partial charge is 0.123 e. The summed E-state index contributed by atoms with van der Waals surface area (Å²) in [5.74, 6) is 0.789. The lowest BCUT2D eigenvalue weighted by Gasteiger charge is -2.19. The minimum atomic E-state index is -0.244. The highest BCUT2D eigenvalue weighted by atomic mass is 35.5. The van der Waals surface area contributed by atoms with Gasteiger partial charge in [0.15, 0.2) is 0 Å². The SMILES string of the molecule is Cl.Fc1ccc(C2(c3ccc(F)cc3)CC2C2=NCCN2)cc1. The fourth-order valence-corrected chi connectivity index (χ4v) is 3.54. The standard InChI is InChI=1S/C18H16F2N2.ClH/c19-14-5-1-12(2-6-14)18(13-3-7-15(20)8-4-13)11-16(18)17-21-9-10-22-17;/h1-8,16H,9-11H2,(H,21,22);1H. The van der Waals surface area contributed by atoms with Crippen LogP contribution >= 0.6 is 12.4 Å². The Hall–Kier alpha value is -1.94. The summed E-state index contributed by atoms with van der Waals surface area (Å²) < 4.78 is 26.5. The van der Waals surface area contributed by atoms with Crippen molar-refractivity contribution in [3.8, 4) is 0 Å².